The third-order valence-electron chi connectivity index (χ3n) is 4.76. The molecule has 0 fully saturated rings. The molecular formula is C23H16F2N4O3. The van der Waals surface area contributed by atoms with E-state index in [1.165, 1.54) is 59.3 Å². The van der Waals surface area contributed by atoms with Crippen LogP contribution in [0.25, 0.3) is 16.9 Å². The maximum Gasteiger partial charge on any atom is 0.270 e. The highest BCUT2D eigenvalue weighted by molar-refractivity contribution is 5.94. The number of non-ortho nitro benzene ring substituents is 1. The van der Waals surface area contributed by atoms with Crippen LogP contribution >= 0.6 is 0 Å². The van der Waals surface area contributed by atoms with E-state index in [2.05, 4.69) is 10.4 Å². The first kappa shape index (κ1) is 20.9. The second-order valence-corrected chi connectivity index (χ2v) is 6.89. The van der Waals surface area contributed by atoms with Crippen molar-refractivity contribution < 1.29 is 18.5 Å². The summed E-state index contributed by atoms with van der Waals surface area (Å²) in [5.74, 6) is -1.38. The monoisotopic (exact) mass is 434 g/mol. The Labute approximate surface area is 181 Å². The van der Waals surface area contributed by atoms with Crippen molar-refractivity contribution in [2.45, 2.75) is 6.54 Å². The molecule has 9 heteroatoms. The summed E-state index contributed by atoms with van der Waals surface area (Å²) in [5, 5.41) is 18.0. The predicted octanol–water partition coefficient (Wildman–Crippen LogP) is 4.66. The fourth-order valence-electron chi connectivity index (χ4n) is 3.13. The lowest BCUT2D eigenvalue weighted by Crippen LogP contribution is -2.25. The predicted molar refractivity (Wildman–Crippen MR) is 113 cm³/mol. The van der Waals surface area contributed by atoms with Crippen LogP contribution in [0.2, 0.25) is 0 Å². The minimum atomic E-state index is -0.534. The topological polar surface area (TPSA) is 90.1 Å². The van der Waals surface area contributed by atoms with Gasteiger partial charge in [0.1, 0.15) is 17.3 Å². The number of nitro benzene ring substituents is 1. The van der Waals surface area contributed by atoms with Crippen molar-refractivity contribution in [2.24, 2.45) is 0 Å². The minimum Gasteiger partial charge on any atom is -0.347 e. The second kappa shape index (κ2) is 8.76. The van der Waals surface area contributed by atoms with Crippen molar-refractivity contribution in [3.8, 4) is 16.9 Å². The molecule has 0 saturated heterocycles. The van der Waals surface area contributed by atoms with Gasteiger partial charge in [0.15, 0.2) is 0 Å². The summed E-state index contributed by atoms with van der Waals surface area (Å²) in [6, 6.07) is 18.6. The molecule has 0 aliphatic heterocycles. The summed E-state index contributed by atoms with van der Waals surface area (Å²) in [6.07, 6.45) is 0. The van der Waals surface area contributed by atoms with Gasteiger partial charge >= 0.3 is 0 Å². The molecule has 3 aromatic carbocycles. The largest absolute Gasteiger partial charge is 0.347 e. The van der Waals surface area contributed by atoms with Crippen LogP contribution in [0.15, 0.2) is 78.9 Å². The average Bonchev–Trinajstić information content (AvgIpc) is 3.24. The molecule has 0 atom stereocenters. The first-order valence-electron chi connectivity index (χ1n) is 9.55. The van der Waals surface area contributed by atoms with Crippen molar-refractivity contribution in [2.75, 3.05) is 0 Å². The van der Waals surface area contributed by atoms with E-state index in [4.69, 9.17) is 0 Å². The third kappa shape index (κ3) is 4.36. The van der Waals surface area contributed by atoms with E-state index in [0.29, 0.717) is 11.3 Å². The zero-order valence-electron chi connectivity index (χ0n) is 16.5. The molecule has 1 N–H and O–H groups in total. The van der Waals surface area contributed by atoms with E-state index < -0.39 is 16.6 Å². The molecule has 0 radical (unpaired) electrons. The first-order chi connectivity index (χ1) is 15.4. The van der Waals surface area contributed by atoms with Gasteiger partial charge in [-0.15, -0.1) is 0 Å². The molecule has 160 valence electrons. The number of nitrogens with zero attached hydrogens (tertiary/aromatic N) is 3. The maximum absolute atomic E-state index is 14.3. The normalized spacial score (nSPS) is 10.7. The van der Waals surface area contributed by atoms with Crippen LogP contribution in [0.1, 0.15) is 16.1 Å². The molecule has 0 aliphatic rings. The zero-order valence-corrected chi connectivity index (χ0v) is 16.5. The SMILES string of the molecule is O=C(NCc1ccc(F)cc1)c1cc(-c2ccccc2F)nn1-c1ccc([N+](=O)[O-])cc1. The number of aromatic nitrogens is 2. The van der Waals surface area contributed by atoms with Gasteiger partial charge in [0.25, 0.3) is 11.6 Å². The minimum absolute atomic E-state index is 0.110. The van der Waals surface area contributed by atoms with Crippen molar-refractivity contribution in [3.63, 3.8) is 0 Å². The number of carbonyl (C=O) groups excluding carboxylic acids is 1. The van der Waals surface area contributed by atoms with E-state index in [9.17, 15) is 23.7 Å². The third-order valence-corrected chi connectivity index (χ3v) is 4.76. The number of amides is 1. The summed E-state index contributed by atoms with van der Waals surface area (Å²) < 4.78 is 28.7. The van der Waals surface area contributed by atoms with Gasteiger partial charge in [0.2, 0.25) is 0 Å². The van der Waals surface area contributed by atoms with Gasteiger partial charge in [-0.25, -0.2) is 13.5 Å². The Morgan fingerprint density at radius 3 is 2.34 bits per heavy atom. The van der Waals surface area contributed by atoms with Crippen molar-refractivity contribution in [3.05, 3.63) is 112 Å². The molecule has 0 unspecified atom stereocenters. The number of carbonyl (C=O) groups is 1. The standard InChI is InChI=1S/C23H16F2N4O3/c24-16-7-5-15(6-8-16)14-26-23(30)22-13-21(19-3-1-2-4-20(19)25)27-28(22)17-9-11-18(12-10-17)29(31)32/h1-13H,14H2,(H,26,30). The lowest BCUT2D eigenvalue weighted by Gasteiger charge is -2.08. The van der Waals surface area contributed by atoms with Gasteiger partial charge in [-0.2, -0.15) is 5.10 Å². The summed E-state index contributed by atoms with van der Waals surface area (Å²) in [6.45, 7) is 0.138. The molecule has 32 heavy (non-hydrogen) atoms. The number of benzene rings is 3. The van der Waals surface area contributed by atoms with Crippen molar-refractivity contribution >= 4 is 11.6 Å². The highest BCUT2D eigenvalue weighted by Crippen LogP contribution is 2.25. The summed E-state index contributed by atoms with van der Waals surface area (Å²) in [5.41, 5.74) is 1.52. The Morgan fingerprint density at radius 2 is 1.69 bits per heavy atom. The lowest BCUT2D eigenvalue weighted by atomic mass is 10.1. The molecule has 7 nitrogen and oxygen atoms in total. The van der Waals surface area contributed by atoms with Gasteiger partial charge in [-0.05, 0) is 48.0 Å². The Kier molecular flexibility index (Phi) is 5.71. The van der Waals surface area contributed by atoms with E-state index in [0.717, 1.165) is 0 Å². The Balaban J connectivity index is 1.70. The molecule has 1 heterocycles. The van der Waals surface area contributed by atoms with Crippen LogP contribution in [-0.4, -0.2) is 20.6 Å². The van der Waals surface area contributed by atoms with Crippen LogP contribution in [-0.2, 0) is 6.54 Å². The van der Waals surface area contributed by atoms with Crippen LogP contribution in [0.3, 0.4) is 0 Å². The smallest absolute Gasteiger partial charge is 0.270 e. The second-order valence-electron chi connectivity index (χ2n) is 6.89. The molecular weight excluding hydrogens is 418 g/mol. The highest BCUT2D eigenvalue weighted by Gasteiger charge is 2.19. The lowest BCUT2D eigenvalue weighted by molar-refractivity contribution is -0.384. The van der Waals surface area contributed by atoms with Gasteiger partial charge in [-0.1, -0.05) is 24.3 Å². The van der Waals surface area contributed by atoms with Crippen molar-refractivity contribution in [1.82, 2.24) is 15.1 Å². The molecule has 4 aromatic rings. The fourth-order valence-corrected chi connectivity index (χ4v) is 3.13. The molecule has 1 aromatic heterocycles. The van der Waals surface area contributed by atoms with E-state index >= 15 is 0 Å². The number of nitro groups is 1. The van der Waals surface area contributed by atoms with Crippen molar-refractivity contribution in [1.29, 1.82) is 0 Å². The Hall–Kier alpha value is -4.40. The summed E-state index contributed by atoms with van der Waals surface area (Å²) in [7, 11) is 0. The van der Waals surface area contributed by atoms with E-state index in [-0.39, 0.29) is 35.0 Å². The Morgan fingerprint density at radius 1 is 1.00 bits per heavy atom. The molecule has 0 aliphatic carbocycles. The van der Waals surface area contributed by atoms with Crippen LogP contribution in [0.4, 0.5) is 14.5 Å². The molecule has 0 saturated carbocycles. The van der Waals surface area contributed by atoms with Gasteiger partial charge in [-0.3, -0.25) is 14.9 Å². The number of rotatable bonds is 6. The summed E-state index contributed by atoms with van der Waals surface area (Å²) in [4.78, 5) is 23.3. The highest BCUT2D eigenvalue weighted by atomic mass is 19.1. The molecule has 0 spiro atoms. The fraction of sp³-hybridized carbons (Fsp3) is 0.0435. The van der Waals surface area contributed by atoms with E-state index in [1.54, 1.807) is 24.3 Å². The van der Waals surface area contributed by atoms with Gasteiger partial charge < -0.3 is 5.32 Å². The van der Waals surface area contributed by atoms with Gasteiger partial charge in [0.05, 0.1) is 16.3 Å². The average molecular weight is 434 g/mol. The van der Waals surface area contributed by atoms with Crippen LogP contribution in [0.5, 0.6) is 0 Å². The number of halogens is 2. The van der Waals surface area contributed by atoms with Crippen LogP contribution < -0.4 is 5.32 Å². The Bertz CT molecular complexity index is 1290. The number of hydrogen-bond acceptors (Lipinski definition) is 4. The number of hydrogen-bond donors (Lipinski definition) is 1. The van der Waals surface area contributed by atoms with Crippen LogP contribution in [0, 0.1) is 21.7 Å². The van der Waals surface area contributed by atoms with E-state index in [1.807, 2.05) is 0 Å². The zero-order chi connectivity index (χ0) is 22.7. The molecule has 4 rings (SSSR count). The first-order valence-corrected chi connectivity index (χ1v) is 9.55. The quantitative estimate of drug-likeness (QED) is 0.353. The summed E-state index contributed by atoms with van der Waals surface area (Å²) >= 11 is 0. The number of nitrogens with one attached hydrogen (secondary N) is 1. The van der Waals surface area contributed by atoms with Gasteiger partial charge in [0, 0.05) is 24.2 Å². The molecule has 0 bridgehead atoms. The maximum atomic E-state index is 14.3. The molecule has 1 amide bonds.